The average molecular weight is 593 g/mol. The van der Waals surface area contributed by atoms with Gasteiger partial charge in [0.15, 0.2) is 0 Å². The van der Waals surface area contributed by atoms with Crippen LogP contribution in [0.3, 0.4) is 0 Å². The van der Waals surface area contributed by atoms with Crippen molar-refractivity contribution in [3.8, 4) is 5.75 Å². The number of nitrogens with one attached hydrogen (secondary N) is 1. The van der Waals surface area contributed by atoms with Crippen LogP contribution in [0, 0.1) is 0 Å². The molecule has 1 atom stereocenters. The molecule has 0 aliphatic heterocycles. The van der Waals surface area contributed by atoms with Gasteiger partial charge < -0.3 is 15.0 Å². The lowest BCUT2D eigenvalue weighted by atomic mass is 10.1. The summed E-state index contributed by atoms with van der Waals surface area (Å²) in [5.41, 5.74) is 0.877. The van der Waals surface area contributed by atoms with Crippen molar-refractivity contribution in [1.82, 2.24) is 10.2 Å². The number of nitrogens with zero attached hydrogens (tertiary/aromatic N) is 2. The number of anilines is 1. The van der Waals surface area contributed by atoms with Crippen LogP contribution in [0.1, 0.15) is 26.3 Å². The molecular formula is C28H31Cl2N3O5S. The first-order chi connectivity index (χ1) is 18.6. The van der Waals surface area contributed by atoms with Crippen LogP contribution in [-0.2, 0) is 26.2 Å². The van der Waals surface area contributed by atoms with Crippen molar-refractivity contribution in [1.29, 1.82) is 0 Å². The van der Waals surface area contributed by atoms with Crippen LogP contribution in [0.25, 0.3) is 0 Å². The predicted octanol–water partition coefficient (Wildman–Crippen LogP) is 5.14. The standard InChI is InChI=1S/C28H31Cl2N3O5S/c1-4-31-28(35)20(3)32(18-21-8-6-7-9-26(21)30)27(34)19-33(23-12-14-24(15-13-23)38-5-2)39(36,37)25-16-10-22(29)11-17-25/h6-17,20H,4-5,18-19H2,1-3H3,(H,31,35)/t20-/m1/s1. The van der Waals surface area contributed by atoms with Crippen LogP contribution in [0.5, 0.6) is 5.75 Å². The van der Waals surface area contributed by atoms with E-state index in [1.165, 1.54) is 29.2 Å². The molecule has 0 aliphatic carbocycles. The fourth-order valence-electron chi connectivity index (χ4n) is 3.85. The van der Waals surface area contributed by atoms with Gasteiger partial charge in [-0.05, 0) is 80.9 Å². The Morgan fingerprint density at radius 2 is 1.59 bits per heavy atom. The summed E-state index contributed by atoms with van der Waals surface area (Å²) in [5, 5.41) is 3.52. The van der Waals surface area contributed by atoms with E-state index in [9.17, 15) is 18.0 Å². The van der Waals surface area contributed by atoms with Crippen LogP contribution in [0.2, 0.25) is 10.0 Å². The minimum absolute atomic E-state index is 0.00885. The first-order valence-corrected chi connectivity index (χ1v) is 14.6. The van der Waals surface area contributed by atoms with E-state index in [2.05, 4.69) is 5.32 Å². The van der Waals surface area contributed by atoms with Crippen molar-refractivity contribution in [2.24, 2.45) is 0 Å². The molecule has 208 valence electrons. The SMILES string of the molecule is CCNC(=O)[C@@H](C)N(Cc1ccccc1Cl)C(=O)CN(c1ccc(OCC)cc1)S(=O)(=O)c1ccc(Cl)cc1. The highest BCUT2D eigenvalue weighted by atomic mass is 35.5. The number of benzene rings is 3. The molecule has 39 heavy (non-hydrogen) atoms. The Morgan fingerprint density at radius 3 is 2.18 bits per heavy atom. The average Bonchev–Trinajstić information content (AvgIpc) is 2.92. The lowest BCUT2D eigenvalue weighted by Crippen LogP contribution is -2.51. The van der Waals surface area contributed by atoms with Gasteiger partial charge >= 0.3 is 0 Å². The maximum absolute atomic E-state index is 13.8. The molecule has 0 aliphatic rings. The van der Waals surface area contributed by atoms with Crippen LogP contribution in [0.4, 0.5) is 5.69 Å². The highest BCUT2D eigenvalue weighted by molar-refractivity contribution is 7.92. The van der Waals surface area contributed by atoms with E-state index >= 15 is 0 Å². The summed E-state index contributed by atoms with van der Waals surface area (Å²) in [7, 11) is -4.20. The van der Waals surface area contributed by atoms with Gasteiger partial charge in [0.1, 0.15) is 18.3 Å². The highest BCUT2D eigenvalue weighted by Gasteiger charge is 2.32. The maximum Gasteiger partial charge on any atom is 0.264 e. The van der Waals surface area contributed by atoms with Crippen LogP contribution in [0.15, 0.2) is 77.7 Å². The van der Waals surface area contributed by atoms with Gasteiger partial charge in [0.25, 0.3) is 10.0 Å². The Morgan fingerprint density at radius 1 is 0.949 bits per heavy atom. The number of amides is 2. The molecule has 0 saturated heterocycles. The van der Waals surface area contributed by atoms with E-state index < -0.39 is 28.5 Å². The van der Waals surface area contributed by atoms with Crippen molar-refractivity contribution in [2.45, 2.75) is 38.3 Å². The number of sulfonamides is 1. The molecule has 3 aromatic carbocycles. The van der Waals surface area contributed by atoms with Crippen LogP contribution >= 0.6 is 23.2 Å². The van der Waals surface area contributed by atoms with Crippen molar-refractivity contribution in [3.63, 3.8) is 0 Å². The molecule has 0 unspecified atom stereocenters. The smallest absolute Gasteiger partial charge is 0.264 e. The summed E-state index contributed by atoms with van der Waals surface area (Å²) in [6.07, 6.45) is 0. The minimum atomic E-state index is -4.20. The van der Waals surface area contributed by atoms with Crippen molar-refractivity contribution in [3.05, 3.63) is 88.4 Å². The largest absolute Gasteiger partial charge is 0.494 e. The highest BCUT2D eigenvalue weighted by Crippen LogP contribution is 2.28. The van der Waals surface area contributed by atoms with E-state index in [1.54, 1.807) is 62.4 Å². The number of halogens is 2. The normalized spacial score (nSPS) is 11.9. The summed E-state index contributed by atoms with van der Waals surface area (Å²) in [5.74, 6) is -0.396. The summed E-state index contributed by atoms with van der Waals surface area (Å²) in [4.78, 5) is 27.9. The Hall–Kier alpha value is -3.27. The van der Waals surface area contributed by atoms with Crippen LogP contribution in [-0.4, -0.2) is 50.9 Å². The third-order valence-corrected chi connectivity index (χ3v) is 8.34. The third kappa shape index (κ3) is 7.65. The summed E-state index contributed by atoms with van der Waals surface area (Å²) < 4.78 is 34.1. The number of rotatable bonds is 12. The zero-order valence-electron chi connectivity index (χ0n) is 21.9. The molecule has 11 heteroatoms. The molecule has 0 saturated carbocycles. The lowest BCUT2D eigenvalue weighted by Gasteiger charge is -2.32. The quantitative estimate of drug-likeness (QED) is 0.314. The topological polar surface area (TPSA) is 96.0 Å². The minimum Gasteiger partial charge on any atom is -0.494 e. The molecule has 3 aromatic rings. The predicted molar refractivity (Wildman–Crippen MR) is 154 cm³/mol. The van der Waals surface area contributed by atoms with Gasteiger partial charge in [0, 0.05) is 23.1 Å². The Balaban J connectivity index is 2.04. The van der Waals surface area contributed by atoms with E-state index in [0.29, 0.717) is 34.5 Å². The van der Waals surface area contributed by atoms with Crippen LogP contribution < -0.4 is 14.4 Å². The summed E-state index contributed by atoms with van der Waals surface area (Å²) in [6.45, 7) is 5.47. The second kappa shape index (κ2) is 13.7. The van der Waals surface area contributed by atoms with Gasteiger partial charge in [-0.15, -0.1) is 0 Å². The van der Waals surface area contributed by atoms with Gasteiger partial charge in [0.05, 0.1) is 17.2 Å². The maximum atomic E-state index is 13.8. The molecular weight excluding hydrogens is 561 g/mol. The van der Waals surface area contributed by atoms with E-state index in [4.69, 9.17) is 27.9 Å². The second-order valence-electron chi connectivity index (χ2n) is 8.58. The van der Waals surface area contributed by atoms with Crippen molar-refractivity contribution >= 4 is 50.7 Å². The molecule has 3 rings (SSSR count). The second-order valence-corrected chi connectivity index (χ2v) is 11.3. The first kappa shape index (κ1) is 30.3. The number of hydrogen-bond acceptors (Lipinski definition) is 5. The third-order valence-electron chi connectivity index (χ3n) is 5.93. The summed E-state index contributed by atoms with van der Waals surface area (Å²) >= 11 is 12.3. The molecule has 1 N–H and O–H groups in total. The lowest BCUT2D eigenvalue weighted by molar-refractivity contribution is -0.139. The number of ether oxygens (including phenoxy) is 1. The summed E-state index contributed by atoms with van der Waals surface area (Å²) in [6, 6.07) is 18.2. The van der Waals surface area contributed by atoms with Gasteiger partial charge in [-0.2, -0.15) is 0 Å². The molecule has 0 radical (unpaired) electrons. The zero-order valence-corrected chi connectivity index (χ0v) is 24.3. The fourth-order valence-corrected chi connectivity index (χ4v) is 5.59. The number of carbonyl (C=O) groups excluding carboxylic acids is 2. The monoisotopic (exact) mass is 591 g/mol. The Bertz CT molecular complexity index is 1380. The Labute approximate surface area is 239 Å². The number of hydrogen-bond donors (Lipinski definition) is 1. The first-order valence-electron chi connectivity index (χ1n) is 12.4. The molecule has 8 nitrogen and oxygen atoms in total. The Kier molecular flexibility index (Phi) is 10.6. The van der Waals surface area contributed by atoms with E-state index in [-0.39, 0.29) is 23.0 Å². The van der Waals surface area contributed by atoms with Crippen molar-refractivity contribution in [2.75, 3.05) is 24.0 Å². The number of carbonyl (C=O) groups is 2. The van der Waals surface area contributed by atoms with Crippen molar-refractivity contribution < 1.29 is 22.7 Å². The number of likely N-dealkylation sites (N-methyl/N-ethyl adjacent to an activating group) is 1. The zero-order chi connectivity index (χ0) is 28.6. The van der Waals surface area contributed by atoms with Gasteiger partial charge in [-0.1, -0.05) is 41.4 Å². The molecule has 0 bridgehead atoms. The van der Waals surface area contributed by atoms with E-state index in [1.807, 2.05) is 6.92 Å². The van der Waals surface area contributed by atoms with E-state index in [0.717, 1.165) is 4.31 Å². The molecule has 0 spiro atoms. The fraction of sp³-hybridized carbons (Fsp3) is 0.286. The molecule has 0 aromatic heterocycles. The van der Waals surface area contributed by atoms with Gasteiger partial charge in [-0.25, -0.2) is 8.42 Å². The molecule has 0 fully saturated rings. The van der Waals surface area contributed by atoms with Gasteiger partial charge in [-0.3, -0.25) is 13.9 Å². The molecule has 0 heterocycles. The van der Waals surface area contributed by atoms with Gasteiger partial charge in [0.2, 0.25) is 11.8 Å². The molecule has 2 amide bonds.